The quantitative estimate of drug-likeness (QED) is 0.856. The van der Waals surface area contributed by atoms with Crippen molar-refractivity contribution in [1.82, 2.24) is 20.2 Å². The highest BCUT2D eigenvalue weighted by molar-refractivity contribution is 5.20. The molecular formula is C13H22N4. The lowest BCUT2D eigenvalue weighted by Crippen LogP contribution is -2.43. The van der Waals surface area contributed by atoms with Crippen molar-refractivity contribution in [3.8, 4) is 0 Å². The molecule has 0 radical (unpaired) electrons. The van der Waals surface area contributed by atoms with Gasteiger partial charge in [-0.2, -0.15) is 0 Å². The molecule has 0 unspecified atom stereocenters. The Morgan fingerprint density at radius 2 is 2.06 bits per heavy atom. The van der Waals surface area contributed by atoms with Gasteiger partial charge in [-0.05, 0) is 12.8 Å². The predicted octanol–water partition coefficient (Wildman–Crippen LogP) is 1.31. The Bertz CT molecular complexity index is 370. The normalized spacial score (nSPS) is 17.6. The predicted molar refractivity (Wildman–Crippen MR) is 69.0 cm³/mol. The number of hydrogen-bond donors (Lipinski definition) is 1. The molecule has 1 fully saturated rings. The Morgan fingerprint density at radius 1 is 1.35 bits per heavy atom. The Morgan fingerprint density at radius 3 is 2.71 bits per heavy atom. The molecule has 4 heteroatoms. The van der Waals surface area contributed by atoms with E-state index in [1.165, 1.54) is 11.3 Å². The lowest BCUT2D eigenvalue weighted by molar-refractivity contribution is 0.232. The van der Waals surface area contributed by atoms with Crippen LogP contribution in [0.3, 0.4) is 0 Å². The molecule has 0 amide bonds. The van der Waals surface area contributed by atoms with Crippen LogP contribution in [0.1, 0.15) is 36.8 Å². The largest absolute Gasteiger partial charge is 0.314 e. The second-order valence-corrected chi connectivity index (χ2v) is 5.01. The SMILES string of the molecule is Cc1ncc(CN2CCNCC2)c(C(C)C)n1. The van der Waals surface area contributed by atoms with Crippen LogP contribution in [0.4, 0.5) is 0 Å². The summed E-state index contributed by atoms with van der Waals surface area (Å²) >= 11 is 0. The van der Waals surface area contributed by atoms with Crippen molar-refractivity contribution in [2.24, 2.45) is 0 Å². The molecule has 1 N–H and O–H groups in total. The molecule has 0 aromatic carbocycles. The fourth-order valence-corrected chi connectivity index (χ4v) is 2.24. The van der Waals surface area contributed by atoms with Crippen molar-refractivity contribution in [2.75, 3.05) is 26.2 Å². The summed E-state index contributed by atoms with van der Waals surface area (Å²) in [6, 6.07) is 0. The Labute approximate surface area is 103 Å². The van der Waals surface area contributed by atoms with Crippen LogP contribution in [0.25, 0.3) is 0 Å². The van der Waals surface area contributed by atoms with E-state index < -0.39 is 0 Å². The summed E-state index contributed by atoms with van der Waals surface area (Å²) in [7, 11) is 0. The first-order valence-electron chi connectivity index (χ1n) is 6.42. The van der Waals surface area contributed by atoms with Crippen molar-refractivity contribution < 1.29 is 0 Å². The highest BCUT2D eigenvalue weighted by Crippen LogP contribution is 2.18. The molecule has 1 aromatic heterocycles. The highest BCUT2D eigenvalue weighted by atomic mass is 15.2. The molecule has 0 aliphatic carbocycles. The minimum atomic E-state index is 0.467. The summed E-state index contributed by atoms with van der Waals surface area (Å²) in [5, 5.41) is 3.37. The molecule has 0 spiro atoms. The number of rotatable bonds is 3. The van der Waals surface area contributed by atoms with Gasteiger partial charge in [0.05, 0.1) is 5.69 Å². The topological polar surface area (TPSA) is 41.1 Å². The zero-order chi connectivity index (χ0) is 12.3. The van der Waals surface area contributed by atoms with Crippen LogP contribution in [0.15, 0.2) is 6.20 Å². The molecule has 1 aromatic rings. The van der Waals surface area contributed by atoms with Gasteiger partial charge >= 0.3 is 0 Å². The van der Waals surface area contributed by atoms with Crippen molar-refractivity contribution in [2.45, 2.75) is 33.2 Å². The van der Waals surface area contributed by atoms with Crippen LogP contribution in [-0.4, -0.2) is 41.0 Å². The van der Waals surface area contributed by atoms with Gasteiger partial charge in [-0.3, -0.25) is 4.90 Å². The second-order valence-electron chi connectivity index (χ2n) is 5.01. The smallest absolute Gasteiger partial charge is 0.125 e. The average molecular weight is 234 g/mol. The van der Waals surface area contributed by atoms with Crippen molar-refractivity contribution >= 4 is 0 Å². The summed E-state index contributed by atoms with van der Waals surface area (Å²) in [5.74, 6) is 1.34. The van der Waals surface area contributed by atoms with E-state index in [0.717, 1.165) is 38.5 Å². The van der Waals surface area contributed by atoms with Gasteiger partial charge in [0.2, 0.25) is 0 Å². The van der Waals surface area contributed by atoms with Crippen LogP contribution in [0, 0.1) is 6.92 Å². The van der Waals surface area contributed by atoms with Gasteiger partial charge in [0, 0.05) is 44.5 Å². The van der Waals surface area contributed by atoms with Gasteiger partial charge in [-0.1, -0.05) is 13.8 Å². The Kier molecular flexibility index (Phi) is 4.07. The minimum absolute atomic E-state index is 0.467. The molecule has 0 saturated carbocycles. The monoisotopic (exact) mass is 234 g/mol. The average Bonchev–Trinajstić information content (AvgIpc) is 2.32. The number of aromatic nitrogens is 2. The van der Waals surface area contributed by atoms with Gasteiger partial charge in [-0.25, -0.2) is 9.97 Å². The van der Waals surface area contributed by atoms with Gasteiger partial charge in [0.25, 0.3) is 0 Å². The van der Waals surface area contributed by atoms with Crippen LogP contribution in [0.2, 0.25) is 0 Å². The zero-order valence-electron chi connectivity index (χ0n) is 11.0. The maximum atomic E-state index is 4.58. The molecule has 4 nitrogen and oxygen atoms in total. The van der Waals surface area contributed by atoms with E-state index >= 15 is 0 Å². The first-order valence-corrected chi connectivity index (χ1v) is 6.42. The van der Waals surface area contributed by atoms with Gasteiger partial charge in [-0.15, -0.1) is 0 Å². The molecule has 1 aliphatic heterocycles. The molecule has 2 rings (SSSR count). The van der Waals surface area contributed by atoms with E-state index in [1.54, 1.807) is 0 Å². The van der Waals surface area contributed by atoms with Crippen molar-refractivity contribution in [1.29, 1.82) is 0 Å². The summed E-state index contributed by atoms with van der Waals surface area (Å²) in [6.07, 6.45) is 2.00. The molecule has 94 valence electrons. The molecule has 0 bridgehead atoms. The van der Waals surface area contributed by atoms with E-state index in [-0.39, 0.29) is 0 Å². The maximum Gasteiger partial charge on any atom is 0.125 e. The minimum Gasteiger partial charge on any atom is -0.314 e. The molecular weight excluding hydrogens is 212 g/mol. The van der Waals surface area contributed by atoms with Crippen LogP contribution >= 0.6 is 0 Å². The van der Waals surface area contributed by atoms with Gasteiger partial charge < -0.3 is 5.32 Å². The van der Waals surface area contributed by atoms with E-state index in [2.05, 4.69) is 34.0 Å². The Hall–Kier alpha value is -1.00. The fraction of sp³-hybridized carbons (Fsp3) is 0.692. The third kappa shape index (κ3) is 3.23. The lowest BCUT2D eigenvalue weighted by Gasteiger charge is -2.28. The van der Waals surface area contributed by atoms with E-state index in [9.17, 15) is 0 Å². The highest BCUT2D eigenvalue weighted by Gasteiger charge is 2.15. The van der Waals surface area contributed by atoms with Crippen LogP contribution < -0.4 is 5.32 Å². The standard InChI is InChI=1S/C13H22N4/c1-10(2)13-12(8-15-11(3)16-13)9-17-6-4-14-5-7-17/h8,10,14H,4-7,9H2,1-3H3. The van der Waals surface area contributed by atoms with Gasteiger partial charge in [0.15, 0.2) is 0 Å². The van der Waals surface area contributed by atoms with E-state index in [4.69, 9.17) is 0 Å². The molecule has 1 aliphatic rings. The first-order chi connectivity index (χ1) is 8.16. The maximum absolute atomic E-state index is 4.58. The fourth-order valence-electron chi connectivity index (χ4n) is 2.24. The summed E-state index contributed by atoms with van der Waals surface area (Å²) in [6.45, 7) is 11.7. The molecule has 2 heterocycles. The summed E-state index contributed by atoms with van der Waals surface area (Å²) < 4.78 is 0. The van der Waals surface area contributed by atoms with Crippen LogP contribution in [0.5, 0.6) is 0 Å². The number of nitrogens with one attached hydrogen (secondary N) is 1. The number of hydrogen-bond acceptors (Lipinski definition) is 4. The van der Waals surface area contributed by atoms with E-state index in [0.29, 0.717) is 5.92 Å². The van der Waals surface area contributed by atoms with E-state index in [1.807, 2.05) is 13.1 Å². The summed E-state index contributed by atoms with van der Waals surface area (Å²) in [4.78, 5) is 11.4. The summed E-state index contributed by atoms with van der Waals surface area (Å²) in [5.41, 5.74) is 2.49. The molecule has 1 saturated heterocycles. The first kappa shape index (κ1) is 12.5. The Balaban J connectivity index is 2.13. The lowest BCUT2D eigenvalue weighted by atomic mass is 10.0. The second kappa shape index (κ2) is 5.56. The van der Waals surface area contributed by atoms with Crippen molar-refractivity contribution in [3.63, 3.8) is 0 Å². The number of aryl methyl sites for hydroxylation is 1. The third-order valence-electron chi connectivity index (χ3n) is 3.17. The number of piperazine rings is 1. The third-order valence-corrected chi connectivity index (χ3v) is 3.17. The van der Waals surface area contributed by atoms with Gasteiger partial charge in [0.1, 0.15) is 5.82 Å². The molecule has 0 atom stereocenters. The van der Waals surface area contributed by atoms with Crippen LogP contribution in [-0.2, 0) is 6.54 Å². The zero-order valence-corrected chi connectivity index (χ0v) is 11.0. The number of nitrogens with zero attached hydrogens (tertiary/aromatic N) is 3. The van der Waals surface area contributed by atoms with Crippen molar-refractivity contribution in [3.05, 3.63) is 23.3 Å². The molecule has 17 heavy (non-hydrogen) atoms.